The van der Waals surface area contributed by atoms with E-state index in [1.165, 1.54) is 12.3 Å². The lowest BCUT2D eigenvalue weighted by molar-refractivity contribution is 0.102. The Morgan fingerprint density at radius 1 is 1.12 bits per heavy atom. The fourth-order valence-corrected chi connectivity index (χ4v) is 2.80. The quantitative estimate of drug-likeness (QED) is 0.573. The molecule has 0 atom stereocenters. The van der Waals surface area contributed by atoms with E-state index in [4.69, 9.17) is 4.42 Å². The molecule has 0 aliphatic heterocycles. The van der Waals surface area contributed by atoms with Gasteiger partial charge in [0.1, 0.15) is 5.58 Å². The molecule has 4 rings (SSSR count). The summed E-state index contributed by atoms with van der Waals surface area (Å²) < 4.78 is 6.90. The molecule has 1 aromatic carbocycles. The number of rotatable bonds is 3. The predicted octanol–water partition coefficient (Wildman–Crippen LogP) is 3.37. The minimum atomic E-state index is -0.407. The van der Waals surface area contributed by atoms with Gasteiger partial charge in [-0.2, -0.15) is 5.10 Å². The Kier molecular flexibility index (Phi) is 3.76. The second-order valence-corrected chi connectivity index (χ2v) is 6.28. The van der Waals surface area contributed by atoms with Gasteiger partial charge < -0.3 is 9.73 Å². The summed E-state index contributed by atoms with van der Waals surface area (Å²) in [4.78, 5) is 28.1. The maximum Gasteiger partial charge on any atom is 0.336 e. The van der Waals surface area contributed by atoms with Crippen LogP contribution in [0.25, 0.3) is 22.0 Å². The van der Waals surface area contributed by atoms with Crippen molar-refractivity contribution < 1.29 is 9.21 Å². The summed E-state index contributed by atoms with van der Waals surface area (Å²) in [5.41, 5.74) is 1.86. The fourth-order valence-electron chi connectivity index (χ4n) is 2.80. The molecule has 0 spiro atoms. The number of pyridine rings is 1. The van der Waals surface area contributed by atoms with Gasteiger partial charge in [-0.1, -0.05) is 0 Å². The zero-order valence-electron chi connectivity index (χ0n) is 14.3. The molecule has 3 aromatic heterocycles. The highest BCUT2D eigenvalue weighted by Crippen LogP contribution is 2.20. The van der Waals surface area contributed by atoms with E-state index in [0.717, 1.165) is 16.4 Å². The number of amides is 1. The van der Waals surface area contributed by atoms with Crippen molar-refractivity contribution in [2.75, 3.05) is 5.32 Å². The second-order valence-electron chi connectivity index (χ2n) is 6.28. The Bertz CT molecular complexity index is 1190. The van der Waals surface area contributed by atoms with Crippen LogP contribution >= 0.6 is 0 Å². The van der Waals surface area contributed by atoms with Gasteiger partial charge >= 0.3 is 5.63 Å². The molecule has 1 amide bonds. The summed E-state index contributed by atoms with van der Waals surface area (Å²) in [7, 11) is 0. The minimum absolute atomic E-state index is 0.192. The third kappa shape index (κ3) is 2.83. The van der Waals surface area contributed by atoms with Crippen molar-refractivity contribution in [2.45, 2.75) is 19.9 Å². The standard InChI is InChI=1S/C19H16N4O3/c1-11(2)23-18-13(10-21-23)7-14(9-20-18)19(25)22-15-4-5-16-12(8-15)3-6-17(24)26-16/h3-11H,1-2H3,(H,22,25). The van der Waals surface area contributed by atoms with Gasteiger partial charge in [0.15, 0.2) is 5.65 Å². The summed E-state index contributed by atoms with van der Waals surface area (Å²) in [5, 5.41) is 8.68. The summed E-state index contributed by atoms with van der Waals surface area (Å²) in [5.74, 6) is -0.270. The van der Waals surface area contributed by atoms with Crippen molar-refractivity contribution in [1.29, 1.82) is 0 Å². The first-order valence-corrected chi connectivity index (χ1v) is 8.20. The van der Waals surface area contributed by atoms with E-state index in [1.54, 1.807) is 36.5 Å². The van der Waals surface area contributed by atoms with Gasteiger partial charge in [-0.15, -0.1) is 0 Å². The second kappa shape index (κ2) is 6.11. The molecule has 26 heavy (non-hydrogen) atoms. The molecule has 7 heteroatoms. The van der Waals surface area contributed by atoms with Crippen molar-refractivity contribution in [3.8, 4) is 0 Å². The average Bonchev–Trinajstić information content (AvgIpc) is 3.05. The molecule has 1 N–H and O–H groups in total. The highest BCUT2D eigenvalue weighted by Gasteiger charge is 2.12. The van der Waals surface area contributed by atoms with Crippen LogP contribution in [0.5, 0.6) is 0 Å². The average molecular weight is 348 g/mol. The molecule has 0 aliphatic carbocycles. The number of hydrogen-bond acceptors (Lipinski definition) is 5. The largest absolute Gasteiger partial charge is 0.423 e. The summed E-state index contributed by atoms with van der Waals surface area (Å²) in [6.45, 7) is 4.05. The Balaban J connectivity index is 1.62. The number of aromatic nitrogens is 3. The number of hydrogen-bond donors (Lipinski definition) is 1. The molecule has 130 valence electrons. The summed E-state index contributed by atoms with van der Waals surface area (Å²) in [6, 6.07) is 10.1. The molecule has 0 bridgehead atoms. The highest BCUT2D eigenvalue weighted by molar-refractivity contribution is 6.06. The molecule has 0 saturated carbocycles. The van der Waals surface area contributed by atoms with Crippen molar-refractivity contribution in [3.63, 3.8) is 0 Å². The van der Waals surface area contributed by atoms with Crippen molar-refractivity contribution >= 4 is 33.6 Å². The Morgan fingerprint density at radius 2 is 1.96 bits per heavy atom. The zero-order chi connectivity index (χ0) is 18.3. The first kappa shape index (κ1) is 16.0. The van der Waals surface area contributed by atoms with Crippen LogP contribution in [-0.2, 0) is 0 Å². The molecule has 0 radical (unpaired) electrons. The van der Waals surface area contributed by atoms with Crippen molar-refractivity contribution in [1.82, 2.24) is 14.8 Å². The van der Waals surface area contributed by atoms with E-state index >= 15 is 0 Å². The Hall–Kier alpha value is -3.48. The zero-order valence-corrected chi connectivity index (χ0v) is 14.3. The van der Waals surface area contributed by atoms with Gasteiger partial charge in [0.05, 0.1) is 11.8 Å². The van der Waals surface area contributed by atoms with Crippen LogP contribution < -0.4 is 10.9 Å². The molecule has 0 unspecified atom stereocenters. The fraction of sp³-hybridized carbons (Fsp3) is 0.158. The number of carbonyl (C=O) groups is 1. The summed E-state index contributed by atoms with van der Waals surface area (Å²) in [6.07, 6.45) is 3.25. The minimum Gasteiger partial charge on any atom is -0.423 e. The number of anilines is 1. The topological polar surface area (TPSA) is 90.0 Å². The lowest BCUT2D eigenvalue weighted by atomic mass is 10.2. The van der Waals surface area contributed by atoms with Gasteiger partial charge in [0, 0.05) is 34.8 Å². The molecule has 4 aromatic rings. The van der Waals surface area contributed by atoms with Crippen LogP contribution in [0.2, 0.25) is 0 Å². The smallest absolute Gasteiger partial charge is 0.336 e. The number of carbonyl (C=O) groups excluding carboxylic acids is 1. The van der Waals surface area contributed by atoms with E-state index in [9.17, 15) is 9.59 Å². The summed E-state index contributed by atoms with van der Waals surface area (Å²) >= 11 is 0. The van der Waals surface area contributed by atoms with Crippen LogP contribution in [0.3, 0.4) is 0 Å². The molecular weight excluding hydrogens is 332 g/mol. The van der Waals surface area contributed by atoms with Gasteiger partial charge in [0.25, 0.3) is 5.91 Å². The lowest BCUT2D eigenvalue weighted by Gasteiger charge is -2.08. The van der Waals surface area contributed by atoms with E-state index in [-0.39, 0.29) is 11.9 Å². The SMILES string of the molecule is CC(C)n1ncc2cc(C(=O)Nc3ccc4oc(=O)ccc4c3)cnc21. The highest BCUT2D eigenvalue weighted by atomic mass is 16.4. The predicted molar refractivity (Wildman–Crippen MR) is 98.4 cm³/mol. The van der Waals surface area contributed by atoms with Crippen LogP contribution in [0, 0.1) is 0 Å². The number of nitrogens with one attached hydrogen (secondary N) is 1. The van der Waals surface area contributed by atoms with E-state index < -0.39 is 5.63 Å². The Labute approximate surface area is 148 Å². The van der Waals surface area contributed by atoms with Crippen LogP contribution in [0.4, 0.5) is 5.69 Å². The van der Waals surface area contributed by atoms with Gasteiger partial charge in [-0.25, -0.2) is 14.5 Å². The van der Waals surface area contributed by atoms with Gasteiger partial charge in [-0.05, 0) is 44.2 Å². The van der Waals surface area contributed by atoms with Crippen molar-refractivity contribution in [3.05, 3.63) is 64.8 Å². The van der Waals surface area contributed by atoms with E-state index in [2.05, 4.69) is 15.4 Å². The van der Waals surface area contributed by atoms with Crippen LogP contribution in [0.15, 0.2) is 58.0 Å². The van der Waals surface area contributed by atoms with Gasteiger partial charge in [-0.3, -0.25) is 4.79 Å². The molecule has 0 aliphatic rings. The molecule has 7 nitrogen and oxygen atoms in total. The van der Waals surface area contributed by atoms with E-state index in [1.807, 2.05) is 18.5 Å². The Morgan fingerprint density at radius 3 is 2.77 bits per heavy atom. The van der Waals surface area contributed by atoms with Crippen LogP contribution in [-0.4, -0.2) is 20.7 Å². The lowest BCUT2D eigenvalue weighted by Crippen LogP contribution is -2.12. The number of nitrogens with zero attached hydrogens (tertiary/aromatic N) is 3. The van der Waals surface area contributed by atoms with Crippen molar-refractivity contribution in [2.24, 2.45) is 0 Å². The molecule has 3 heterocycles. The first-order chi connectivity index (χ1) is 12.5. The maximum atomic E-state index is 12.5. The van der Waals surface area contributed by atoms with Crippen LogP contribution in [0.1, 0.15) is 30.2 Å². The molecular formula is C19H16N4O3. The third-order valence-corrected chi connectivity index (χ3v) is 4.06. The maximum absolute atomic E-state index is 12.5. The monoisotopic (exact) mass is 348 g/mol. The number of benzene rings is 1. The number of fused-ring (bicyclic) bond motifs is 2. The normalized spacial score (nSPS) is 11.3. The molecule has 0 fully saturated rings. The van der Waals surface area contributed by atoms with Gasteiger partial charge in [0.2, 0.25) is 0 Å². The molecule has 0 saturated heterocycles. The third-order valence-electron chi connectivity index (χ3n) is 4.06. The van der Waals surface area contributed by atoms with E-state index in [0.29, 0.717) is 16.8 Å². The first-order valence-electron chi connectivity index (χ1n) is 8.20.